The predicted octanol–water partition coefficient (Wildman–Crippen LogP) is 3.90. The Hall–Kier alpha value is -2.14. The molecule has 0 saturated carbocycles. The van der Waals surface area contributed by atoms with Crippen LogP contribution in [0, 0.1) is 11.6 Å². The molecule has 0 aliphatic rings. The number of hydrogen-bond donors (Lipinski definition) is 1. The Morgan fingerprint density at radius 2 is 1.85 bits per heavy atom. The third-order valence-electron chi connectivity index (χ3n) is 2.56. The van der Waals surface area contributed by atoms with Gasteiger partial charge in [0.2, 0.25) is 0 Å². The normalized spacial score (nSPS) is 10.3. The van der Waals surface area contributed by atoms with Crippen molar-refractivity contribution in [2.24, 2.45) is 0 Å². The molecular weight excluding hydrogens is 290 g/mol. The average molecular weight is 299 g/mol. The number of aromatic carboxylic acids is 1. The molecule has 3 nitrogen and oxygen atoms in total. The van der Waals surface area contributed by atoms with E-state index < -0.39 is 23.2 Å². The lowest BCUT2D eigenvalue weighted by Crippen LogP contribution is -2.03. The van der Waals surface area contributed by atoms with Gasteiger partial charge in [0.15, 0.2) is 0 Å². The smallest absolute Gasteiger partial charge is 0.338 e. The summed E-state index contributed by atoms with van der Waals surface area (Å²) in [6.07, 6.45) is 0. The van der Waals surface area contributed by atoms with E-state index in [0.717, 1.165) is 12.1 Å². The summed E-state index contributed by atoms with van der Waals surface area (Å²) in [7, 11) is 0. The summed E-state index contributed by atoms with van der Waals surface area (Å²) < 4.78 is 31.5. The molecule has 0 spiro atoms. The number of carboxylic acid groups (broad SMARTS) is 1. The number of carboxylic acids is 1. The highest BCUT2D eigenvalue weighted by Crippen LogP contribution is 2.22. The Labute approximate surface area is 118 Å². The van der Waals surface area contributed by atoms with Crippen molar-refractivity contribution >= 4 is 17.6 Å². The molecule has 0 atom stereocenters. The van der Waals surface area contributed by atoms with Gasteiger partial charge >= 0.3 is 5.97 Å². The third-order valence-corrected chi connectivity index (χ3v) is 2.85. The summed E-state index contributed by atoms with van der Waals surface area (Å²) in [6.45, 7) is 0.0164. The first kappa shape index (κ1) is 14.3. The largest absolute Gasteiger partial charge is 0.489 e. The van der Waals surface area contributed by atoms with Crippen molar-refractivity contribution in [1.29, 1.82) is 0 Å². The van der Waals surface area contributed by atoms with E-state index in [2.05, 4.69) is 0 Å². The monoisotopic (exact) mass is 298 g/mol. The zero-order valence-electron chi connectivity index (χ0n) is 10.1. The maximum atomic E-state index is 13.2. The minimum atomic E-state index is -1.35. The molecule has 104 valence electrons. The maximum absolute atomic E-state index is 13.2. The highest BCUT2D eigenvalue weighted by atomic mass is 35.5. The van der Waals surface area contributed by atoms with Crippen LogP contribution < -0.4 is 4.74 Å². The van der Waals surface area contributed by atoms with Gasteiger partial charge in [-0.15, -0.1) is 0 Å². The fourth-order valence-corrected chi connectivity index (χ4v) is 1.73. The highest BCUT2D eigenvalue weighted by Gasteiger charge is 2.11. The van der Waals surface area contributed by atoms with E-state index in [-0.39, 0.29) is 11.6 Å². The molecule has 0 unspecified atom stereocenters. The van der Waals surface area contributed by atoms with Gasteiger partial charge < -0.3 is 9.84 Å². The molecule has 20 heavy (non-hydrogen) atoms. The Morgan fingerprint density at radius 1 is 1.15 bits per heavy atom. The van der Waals surface area contributed by atoms with Crippen LogP contribution >= 0.6 is 11.6 Å². The molecule has 0 aliphatic heterocycles. The van der Waals surface area contributed by atoms with Crippen molar-refractivity contribution in [3.8, 4) is 5.75 Å². The van der Waals surface area contributed by atoms with Crippen LogP contribution in [-0.2, 0) is 6.61 Å². The molecule has 0 amide bonds. The molecule has 6 heteroatoms. The number of hydrogen-bond acceptors (Lipinski definition) is 2. The Bertz CT molecular complexity index is 659. The lowest BCUT2D eigenvalue weighted by molar-refractivity contribution is 0.0691. The average Bonchev–Trinajstić information content (AvgIpc) is 2.41. The lowest BCUT2D eigenvalue weighted by Gasteiger charge is -2.08. The minimum absolute atomic E-state index is 0.0164. The van der Waals surface area contributed by atoms with Crippen molar-refractivity contribution < 1.29 is 23.4 Å². The van der Waals surface area contributed by atoms with Gasteiger partial charge in [-0.2, -0.15) is 0 Å². The summed E-state index contributed by atoms with van der Waals surface area (Å²) in [5, 5.41) is 8.73. The first-order valence-electron chi connectivity index (χ1n) is 5.57. The van der Waals surface area contributed by atoms with Gasteiger partial charge in [0, 0.05) is 6.07 Å². The molecule has 2 aromatic carbocycles. The Balaban J connectivity index is 2.12. The molecule has 1 N–H and O–H groups in total. The van der Waals surface area contributed by atoms with E-state index >= 15 is 0 Å². The molecule has 0 heterocycles. The van der Waals surface area contributed by atoms with Crippen molar-refractivity contribution in [2.45, 2.75) is 6.61 Å². The van der Waals surface area contributed by atoms with Crippen LogP contribution in [0.25, 0.3) is 0 Å². The van der Waals surface area contributed by atoms with Gasteiger partial charge in [0.25, 0.3) is 0 Å². The number of benzene rings is 2. The minimum Gasteiger partial charge on any atom is -0.489 e. The van der Waals surface area contributed by atoms with Gasteiger partial charge in [-0.1, -0.05) is 17.7 Å². The van der Waals surface area contributed by atoms with Crippen LogP contribution in [0.3, 0.4) is 0 Å². The summed E-state index contributed by atoms with van der Waals surface area (Å²) >= 11 is 5.60. The standard InChI is InChI=1S/C14H9ClF2O3/c15-11-6-9(2-4-13(11)17)20-7-8-1-3-12(16)10(5-8)14(18)19/h1-6H,7H2,(H,18,19). The zero-order chi connectivity index (χ0) is 14.7. The molecule has 0 saturated heterocycles. The second-order valence-corrected chi connectivity index (χ2v) is 4.39. The fraction of sp³-hybridized carbons (Fsp3) is 0.0714. The molecule has 0 aromatic heterocycles. The van der Waals surface area contributed by atoms with Gasteiger partial charge in [-0.25, -0.2) is 13.6 Å². The summed E-state index contributed by atoms with van der Waals surface area (Å²) in [6, 6.07) is 7.50. The van der Waals surface area contributed by atoms with Crippen LogP contribution in [0.2, 0.25) is 5.02 Å². The van der Waals surface area contributed by atoms with Gasteiger partial charge in [-0.3, -0.25) is 0 Å². The van der Waals surface area contributed by atoms with Crippen LogP contribution in [0.5, 0.6) is 5.75 Å². The number of carbonyl (C=O) groups is 1. The zero-order valence-corrected chi connectivity index (χ0v) is 10.8. The van der Waals surface area contributed by atoms with E-state index in [1.165, 1.54) is 24.3 Å². The van der Waals surface area contributed by atoms with Crippen molar-refractivity contribution in [3.05, 3.63) is 64.2 Å². The molecule has 0 aliphatic carbocycles. The SMILES string of the molecule is O=C(O)c1cc(COc2ccc(F)c(Cl)c2)ccc1F. The number of halogens is 3. The Morgan fingerprint density at radius 3 is 2.50 bits per heavy atom. The van der Waals surface area contributed by atoms with Crippen LogP contribution in [0.4, 0.5) is 8.78 Å². The van der Waals surface area contributed by atoms with Gasteiger partial charge in [0.1, 0.15) is 24.0 Å². The first-order valence-corrected chi connectivity index (χ1v) is 5.95. The molecule has 2 aromatic rings. The number of rotatable bonds is 4. The predicted molar refractivity (Wildman–Crippen MR) is 69.1 cm³/mol. The van der Waals surface area contributed by atoms with Crippen LogP contribution in [0.15, 0.2) is 36.4 Å². The van der Waals surface area contributed by atoms with Gasteiger partial charge in [-0.05, 0) is 29.8 Å². The summed E-state index contributed by atoms with van der Waals surface area (Å²) in [4.78, 5) is 10.8. The van der Waals surface area contributed by atoms with Crippen LogP contribution in [-0.4, -0.2) is 11.1 Å². The van der Waals surface area contributed by atoms with E-state index in [1.54, 1.807) is 0 Å². The van der Waals surface area contributed by atoms with Gasteiger partial charge in [0.05, 0.1) is 10.6 Å². The molecule has 0 radical (unpaired) electrons. The molecule has 2 rings (SSSR count). The topological polar surface area (TPSA) is 46.5 Å². The quantitative estimate of drug-likeness (QED) is 0.931. The summed E-state index contributed by atoms with van der Waals surface area (Å²) in [5.41, 5.74) is 0.0486. The first-order chi connectivity index (χ1) is 9.47. The van der Waals surface area contributed by atoms with Crippen molar-refractivity contribution in [2.75, 3.05) is 0 Å². The molecule has 0 bridgehead atoms. The molecule has 0 fully saturated rings. The van der Waals surface area contributed by atoms with E-state index in [4.69, 9.17) is 21.4 Å². The molecular formula is C14H9ClF2O3. The van der Waals surface area contributed by atoms with Crippen molar-refractivity contribution in [3.63, 3.8) is 0 Å². The maximum Gasteiger partial charge on any atom is 0.338 e. The van der Waals surface area contributed by atoms with Crippen LogP contribution in [0.1, 0.15) is 15.9 Å². The summed E-state index contributed by atoms with van der Waals surface area (Å²) in [5.74, 6) is -2.40. The second-order valence-electron chi connectivity index (χ2n) is 3.98. The van der Waals surface area contributed by atoms with E-state index in [9.17, 15) is 13.6 Å². The fourth-order valence-electron chi connectivity index (χ4n) is 1.56. The third kappa shape index (κ3) is 3.24. The van der Waals surface area contributed by atoms with E-state index in [0.29, 0.717) is 11.3 Å². The number of ether oxygens (including phenoxy) is 1. The Kier molecular flexibility index (Phi) is 4.20. The van der Waals surface area contributed by atoms with E-state index in [1.807, 2.05) is 0 Å². The highest BCUT2D eigenvalue weighted by molar-refractivity contribution is 6.30. The van der Waals surface area contributed by atoms with Crippen molar-refractivity contribution in [1.82, 2.24) is 0 Å². The lowest BCUT2D eigenvalue weighted by atomic mass is 10.1. The second kappa shape index (κ2) is 5.88.